The molecule has 0 fully saturated rings. The number of fused-ring (bicyclic) bond motifs is 3. The van der Waals surface area contributed by atoms with Gasteiger partial charge in [-0.05, 0) is 33.5 Å². The second-order valence-corrected chi connectivity index (χ2v) is 6.71. The topological polar surface area (TPSA) is 54.4 Å². The molecule has 0 aromatic heterocycles. The molecule has 0 heterocycles. The van der Waals surface area contributed by atoms with Crippen LogP contribution in [0.1, 0.15) is 16.7 Å². The van der Waals surface area contributed by atoms with Crippen LogP contribution in [0.2, 0.25) is 0 Å². The van der Waals surface area contributed by atoms with Gasteiger partial charge in [-0.3, -0.25) is 4.55 Å². The summed E-state index contributed by atoms with van der Waals surface area (Å²) in [4.78, 5) is 0.0659. The Morgan fingerprint density at radius 3 is 2.22 bits per heavy atom. The van der Waals surface area contributed by atoms with Crippen LogP contribution in [0.25, 0.3) is 16.8 Å². The molecule has 0 saturated heterocycles. The van der Waals surface area contributed by atoms with Crippen LogP contribution >= 0.6 is 0 Å². The second kappa shape index (κ2) is 5.99. The lowest BCUT2D eigenvalue weighted by Crippen LogP contribution is -1.97. The van der Waals surface area contributed by atoms with E-state index in [4.69, 9.17) is 4.55 Å². The Bertz CT molecular complexity index is 974. The Hall–Kier alpha value is -2.43. The van der Waals surface area contributed by atoms with Crippen molar-refractivity contribution in [3.05, 3.63) is 83.9 Å². The fraction of sp³-hybridized carbons (Fsp3) is 0.0526. The van der Waals surface area contributed by atoms with Gasteiger partial charge >= 0.3 is 0 Å². The SMILES string of the molecule is C=Cc1ccccc1.O=S(=O)(O)c1cc2ccccc2c2c1C2. The molecule has 3 aromatic carbocycles. The summed E-state index contributed by atoms with van der Waals surface area (Å²) in [5.41, 5.74) is 2.98. The maximum Gasteiger partial charge on any atom is 0.294 e. The van der Waals surface area contributed by atoms with Gasteiger partial charge in [-0.2, -0.15) is 8.42 Å². The van der Waals surface area contributed by atoms with Gasteiger partial charge in [0.1, 0.15) is 0 Å². The van der Waals surface area contributed by atoms with Crippen molar-refractivity contribution in [2.75, 3.05) is 0 Å². The molecule has 3 nitrogen and oxygen atoms in total. The predicted octanol–water partition coefficient (Wildman–Crippen LogP) is 4.32. The van der Waals surface area contributed by atoms with Crippen molar-refractivity contribution in [2.45, 2.75) is 11.3 Å². The molecule has 0 unspecified atom stereocenters. The molecule has 0 aliphatic heterocycles. The van der Waals surface area contributed by atoms with Crippen molar-refractivity contribution in [3.63, 3.8) is 0 Å². The van der Waals surface area contributed by atoms with Crippen LogP contribution in [0.4, 0.5) is 0 Å². The van der Waals surface area contributed by atoms with Crippen LogP contribution in [-0.4, -0.2) is 13.0 Å². The molecule has 1 N–H and O–H groups in total. The zero-order valence-electron chi connectivity index (χ0n) is 12.4. The maximum atomic E-state index is 11.1. The zero-order valence-corrected chi connectivity index (χ0v) is 13.3. The first kappa shape index (κ1) is 15.5. The average Bonchev–Trinajstić information content (AvgIpc) is 3.35. The number of hydrogen-bond acceptors (Lipinski definition) is 2. The lowest BCUT2D eigenvalue weighted by atomic mass is 10.1. The van der Waals surface area contributed by atoms with Crippen molar-refractivity contribution in [1.82, 2.24) is 0 Å². The fourth-order valence-corrected chi connectivity index (χ4v) is 3.35. The molecule has 0 atom stereocenters. The minimum atomic E-state index is -4.07. The Labute approximate surface area is 135 Å². The summed E-state index contributed by atoms with van der Waals surface area (Å²) in [6.45, 7) is 3.63. The lowest BCUT2D eigenvalue weighted by molar-refractivity contribution is 0.483. The van der Waals surface area contributed by atoms with Crippen LogP contribution in [0.3, 0.4) is 0 Å². The highest BCUT2D eigenvalue weighted by atomic mass is 32.2. The highest BCUT2D eigenvalue weighted by molar-refractivity contribution is 7.86. The van der Waals surface area contributed by atoms with Gasteiger partial charge in [-0.15, -0.1) is 0 Å². The molecule has 0 bridgehead atoms. The molecule has 4 rings (SSSR count). The summed E-state index contributed by atoms with van der Waals surface area (Å²) < 4.78 is 31.2. The van der Waals surface area contributed by atoms with Crippen molar-refractivity contribution in [3.8, 4) is 0 Å². The van der Waals surface area contributed by atoms with Crippen molar-refractivity contribution in [2.24, 2.45) is 0 Å². The molecule has 3 aromatic rings. The van der Waals surface area contributed by atoms with Crippen LogP contribution in [0.15, 0.2) is 72.1 Å². The van der Waals surface area contributed by atoms with Gasteiger partial charge in [0, 0.05) is 6.42 Å². The second-order valence-electron chi connectivity index (χ2n) is 5.32. The zero-order chi connectivity index (χ0) is 16.4. The van der Waals surface area contributed by atoms with Gasteiger partial charge < -0.3 is 0 Å². The van der Waals surface area contributed by atoms with Gasteiger partial charge in [0.15, 0.2) is 0 Å². The smallest absolute Gasteiger partial charge is 0.282 e. The van der Waals surface area contributed by atoms with Crippen molar-refractivity contribution >= 4 is 27.0 Å². The van der Waals surface area contributed by atoms with Crippen molar-refractivity contribution < 1.29 is 13.0 Å². The minimum absolute atomic E-state index is 0.0659. The molecule has 0 amide bonds. The first-order valence-electron chi connectivity index (χ1n) is 7.19. The van der Waals surface area contributed by atoms with Gasteiger partial charge in [-0.1, -0.05) is 67.3 Å². The predicted molar refractivity (Wildman–Crippen MR) is 93.1 cm³/mol. The van der Waals surface area contributed by atoms with Crippen LogP contribution in [0, 0.1) is 0 Å². The van der Waals surface area contributed by atoms with E-state index >= 15 is 0 Å². The normalized spacial score (nSPS) is 12.0. The molecule has 0 saturated carbocycles. The Morgan fingerprint density at radius 2 is 1.61 bits per heavy atom. The van der Waals surface area contributed by atoms with E-state index in [0.717, 1.165) is 21.9 Å². The first-order chi connectivity index (χ1) is 11.0. The summed E-state index contributed by atoms with van der Waals surface area (Å²) in [6.07, 6.45) is 2.50. The quantitative estimate of drug-likeness (QED) is 0.559. The Kier molecular flexibility index (Phi) is 4.03. The molecule has 1 aliphatic rings. The van der Waals surface area contributed by atoms with E-state index in [9.17, 15) is 8.42 Å². The molecular weight excluding hydrogens is 308 g/mol. The summed E-state index contributed by atoms with van der Waals surface area (Å²) in [5, 5.41) is 1.95. The van der Waals surface area contributed by atoms with Crippen molar-refractivity contribution in [1.29, 1.82) is 0 Å². The standard InChI is InChI=1S/C11H8O3S.C8H8/c12-15(13,14)11-5-7-3-1-2-4-8(7)9-6-10(9)11;1-2-8-6-4-3-5-7-8/h1-5H,6H2,(H,12,13,14);2-7H,1H2. The summed E-state index contributed by atoms with van der Waals surface area (Å²) in [5.74, 6) is 0. The van der Waals surface area contributed by atoms with E-state index in [1.54, 1.807) is 0 Å². The van der Waals surface area contributed by atoms with Gasteiger partial charge in [0.2, 0.25) is 0 Å². The third kappa shape index (κ3) is 3.33. The average molecular weight is 324 g/mol. The first-order valence-corrected chi connectivity index (χ1v) is 8.63. The molecule has 4 heteroatoms. The van der Waals surface area contributed by atoms with Crippen LogP contribution in [-0.2, 0) is 16.5 Å². The van der Waals surface area contributed by atoms with E-state index in [2.05, 4.69) is 6.58 Å². The van der Waals surface area contributed by atoms with Gasteiger partial charge in [-0.25, -0.2) is 0 Å². The van der Waals surface area contributed by atoms with E-state index in [0.29, 0.717) is 6.42 Å². The number of benzene rings is 3. The maximum absolute atomic E-state index is 11.1. The summed E-state index contributed by atoms with van der Waals surface area (Å²) in [6, 6.07) is 19.2. The lowest BCUT2D eigenvalue weighted by Gasteiger charge is -1.99. The van der Waals surface area contributed by atoms with E-state index in [1.807, 2.05) is 60.7 Å². The summed E-state index contributed by atoms with van der Waals surface area (Å²) >= 11 is 0. The Morgan fingerprint density at radius 1 is 0.957 bits per heavy atom. The highest BCUT2D eigenvalue weighted by Gasteiger charge is 2.29. The minimum Gasteiger partial charge on any atom is -0.282 e. The van der Waals surface area contributed by atoms with Gasteiger partial charge in [0.05, 0.1) is 4.90 Å². The fourth-order valence-electron chi connectivity index (χ4n) is 2.57. The summed E-state index contributed by atoms with van der Waals surface area (Å²) in [7, 11) is -4.07. The van der Waals surface area contributed by atoms with Gasteiger partial charge in [0.25, 0.3) is 10.1 Å². The highest BCUT2D eigenvalue weighted by Crippen LogP contribution is 2.40. The largest absolute Gasteiger partial charge is 0.294 e. The van der Waals surface area contributed by atoms with E-state index < -0.39 is 10.1 Å². The molecule has 116 valence electrons. The monoisotopic (exact) mass is 324 g/mol. The third-order valence-electron chi connectivity index (χ3n) is 3.78. The molecule has 1 aliphatic carbocycles. The molecule has 0 spiro atoms. The van der Waals surface area contributed by atoms with Crippen LogP contribution in [0.5, 0.6) is 0 Å². The van der Waals surface area contributed by atoms with E-state index in [-0.39, 0.29) is 4.90 Å². The number of rotatable bonds is 2. The van der Waals surface area contributed by atoms with E-state index in [1.165, 1.54) is 11.6 Å². The molecule has 23 heavy (non-hydrogen) atoms. The number of hydrogen-bond donors (Lipinski definition) is 1. The molecular formula is C19H16O3S. The third-order valence-corrected chi connectivity index (χ3v) is 4.70. The van der Waals surface area contributed by atoms with Crippen LogP contribution < -0.4 is 0 Å². The molecule has 0 radical (unpaired) electrons. The Balaban J connectivity index is 0.000000166.